The number of rotatable bonds is 4. The Morgan fingerprint density at radius 3 is 2.82 bits per heavy atom. The lowest BCUT2D eigenvalue weighted by molar-refractivity contribution is 0.424. The van der Waals surface area contributed by atoms with Gasteiger partial charge >= 0.3 is 0 Å². The number of hydrogen-bond donors (Lipinski definition) is 2. The Kier molecular flexibility index (Phi) is 4.25. The molecule has 1 saturated heterocycles. The van der Waals surface area contributed by atoms with Gasteiger partial charge in [0.05, 0.1) is 11.9 Å². The van der Waals surface area contributed by atoms with E-state index in [1.54, 1.807) is 16.8 Å². The number of fused-ring (bicyclic) bond motifs is 1. The molecule has 0 spiro atoms. The van der Waals surface area contributed by atoms with Gasteiger partial charge < -0.3 is 14.8 Å². The Morgan fingerprint density at radius 1 is 1.18 bits per heavy atom. The van der Waals surface area contributed by atoms with Crippen LogP contribution in [0.15, 0.2) is 51.9 Å². The van der Waals surface area contributed by atoms with Crippen molar-refractivity contribution in [3.8, 4) is 11.5 Å². The van der Waals surface area contributed by atoms with Crippen LogP contribution in [0.2, 0.25) is 0 Å². The van der Waals surface area contributed by atoms with Crippen molar-refractivity contribution in [2.45, 2.75) is 25.2 Å². The van der Waals surface area contributed by atoms with E-state index >= 15 is 0 Å². The molecule has 1 aliphatic rings. The summed E-state index contributed by atoms with van der Waals surface area (Å²) in [6.45, 7) is 1.89. The summed E-state index contributed by atoms with van der Waals surface area (Å²) >= 11 is 0. The predicted octanol–water partition coefficient (Wildman–Crippen LogP) is 2.13. The van der Waals surface area contributed by atoms with Gasteiger partial charge in [0.2, 0.25) is 0 Å². The SMILES string of the molecule is O=c1cc(C2CCNCC2)n2ncc(-c3nc(Cc4ccccc4)no3)c2[nH]1. The van der Waals surface area contributed by atoms with E-state index < -0.39 is 0 Å². The minimum absolute atomic E-state index is 0.146. The van der Waals surface area contributed by atoms with Crippen molar-refractivity contribution in [1.82, 2.24) is 30.1 Å². The summed E-state index contributed by atoms with van der Waals surface area (Å²) in [5, 5.41) is 11.9. The maximum Gasteiger partial charge on any atom is 0.263 e. The summed E-state index contributed by atoms with van der Waals surface area (Å²) < 4.78 is 7.27. The summed E-state index contributed by atoms with van der Waals surface area (Å²) in [5.41, 5.74) is 3.12. The first-order chi connectivity index (χ1) is 13.8. The third-order valence-corrected chi connectivity index (χ3v) is 5.20. The van der Waals surface area contributed by atoms with Gasteiger partial charge in [0, 0.05) is 18.4 Å². The minimum Gasteiger partial charge on any atom is -0.334 e. The van der Waals surface area contributed by atoms with E-state index in [4.69, 9.17) is 4.52 Å². The van der Waals surface area contributed by atoms with E-state index in [-0.39, 0.29) is 5.56 Å². The zero-order chi connectivity index (χ0) is 18.9. The van der Waals surface area contributed by atoms with Gasteiger partial charge in [-0.15, -0.1) is 0 Å². The van der Waals surface area contributed by atoms with Crippen molar-refractivity contribution in [1.29, 1.82) is 0 Å². The molecule has 8 heteroatoms. The average Bonchev–Trinajstić information content (AvgIpc) is 3.35. The normalized spacial score (nSPS) is 15.3. The van der Waals surface area contributed by atoms with Gasteiger partial charge in [0.15, 0.2) is 5.82 Å². The van der Waals surface area contributed by atoms with Gasteiger partial charge in [0.1, 0.15) is 11.2 Å². The molecule has 1 aliphatic heterocycles. The number of aromatic amines is 1. The second kappa shape index (κ2) is 7.05. The highest BCUT2D eigenvalue weighted by Gasteiger charge is 2.22. The summed E-state index contributed by atoms with van der Waals surface area (Å²) in [7, 11) is 0. The number of piperidine rings is 1. The highest BCUT2D eigenvalue weighted by Crippen LogP contribution is 2.27. The van der Waals surface area contributed by atoms with Gasteiger partial charge in [-0.05, 0) is 31.5 Å². The Labute approximate surface area is 160 Å². The van der Waals surface area contributed by atoms with Crippen LogP contribution in [0, 0.1) is 0 Å². The smallest absolute Gasteiger partial charge is 0.263 e. The lowest BCUT2D eigenvalue weighted by atomic mass is 9.94. The summed E-state index contributed by atoms with van der Waals surface area (Å²) in [6.07, 6.45) is 4.22. The van der Waals surface area contributed by atoms with Crippen molar-refractivity contribution in [3.05, 3.63) is 70.0 Å². The molecule has 0 aliphatic carbocycles. The molecular weight excluding hydrogens is 356 g/mol. The summed E-state index contributed by atoms with van der Waals surface area (Å²) in [4.78, 5) is 19.7. The van der Waals surface area contributed by atoms with Crippen molar-refractivity contribution >= 4 is 5.65 Å². The van der Waals surface area contributed by atoms with Crippen molar-refractivity contribution in [2.75, 3.05) is 13.1 Å². The molecule has 0 unspecified atom stereocenters. The Hall–Kier alpha value is -3.26. The van der Waals surface area contributed by atoms with Gasteiger partial charge in [-0.3, -0.25) is 4.79 Å². The number of nitrogens with zero attached hydrogens (tertiary/aromatic N) is 4. The molecule has 142 valence electrons. The molecule has 0 amide bonds. The quantitative estimate of drug-likeness (QED) is 0.566. The minimum atomic E-state index is -0.146. The van der Waals surface area contributed by atoms with E-state index in [0.717, 1.165) is 37.2 Å². The van der Waals surface area contributed by atoms with Crippen LogP contribution in [-0.2, 0) is 6.42 Å². The highest BCUT2D eigenvalue weighted by atomic mass is 16.5. The molecule has 1 aromatic carbocycles. The topological polar surface area (TPSA) is 101 Å². The fourth-order valence-corrected chi connectivity index (χ4v) is 3.79. The number of benzene rings is 1. The monoisotopic (exact) mass is 376 g/mol. The maximum atomic E-state index is 12.3. The second-order valence-electron chi connectivity index (χ2n) is 7.08. The third kappa shape index (κ3) is 3.11. The molecule has 0 atom stereocenters. The van der Waals surface area contributed by atoms with E-state index in [1.165, 1.54) is 0 Å². The van der Waals surface area contributed by atoms with Crippen LogP contribution < -0.4 is 10.9 Å². The average molecular weight is 376 g/mol. The number of hydrogen-bond acceptors (Lipinski definition) is 6. The molecule has 8 nitrogen and oxygen atoms in total. The maximum absolute atomic E-state index is 12.3. The molecule has 0 saturated carbocycles. The van der Waals surface area contributed by atoms with Crippen LogP contribution in [0.5, 0.6) is 0 Å². The van der Waals surface area contributed by atoms with E-state index in [9.17, 15) is 4.79 Å². The third-order valence-electron chi connectivity index (χ3n) is 5.20. The van der Waals surface area contributed by atoms with Crippen molar-refractivity contribution in [2.24, 2.45) is 0 Å². The summed E-state index contributed by atoms with van der Waals surface area (Å²) in [5.74, 6) is 1.26. The molecule has 4 aromatic rings. The number of H-pyrrole nitrogens is 1. The summed E-state index contributed by atoms with van der Waals surface area (Å²) in [6, 6.07) is 11.6. The fraction of sp³-hybridized carbons (Fsp3) is 0.300. The van der Waals surface area contributed by atoms with Crippen LogP contribution in [0.3, 0.4) is 0 Å². The van der Waals surface area contributed by atoms with Gasteiger partial charge in [-0.25, -0.2) is 4.52 Å². The van der Waals surface area contributed by atoms with Gasteiger partial charge in [-0.2, -0.15) is 10.1 Å². The molecule has 1 fully saturated rings. The molecule has 2 N–H and O–H groups in total. The zero-order valence-corrected chi connectivity index (χ0v) is 15.3. The van der Waals surface area contributed by atoms with Gasteiger partial charge in [-0.1, -0.05) is 35.5 Å². The van der Waals surface area contributed by atoms with E-state index in [2.05, 4.69) is 25.5 Å². The Morgan fingerprint density at radius 2 is 2.00 bits per heavy atom. The predicted molar refractivity (Wildman–Crippen MR) is 103 cm³/mol. The molecule has 28 heavy (non-hydrogen) atoms. The molecule has 0 bridgehead atoms. The number of nitrogens with one attached hydrogen (secondary N) is 2. The Bertz CT molecular complexity index is 1150. The van der Waals surface area contributed by atoms with Crippen LogP contribution in [-0.4, -0.2) is 37.8 Å². The lowest BCUT2D eigenvalue weighted by Crippen LogP contribution is -2.28. The van der Waals surface area contributed by atoms with Crippen molar-refractivity contribution < 1.29 is 4.52 Å². The molecule has 5 rings (SSSR count). The first kappa shape index (κ1) is 16.9. The second-order valence-corrected chi connectivity index (χ2v) is 7.08. The highest BCUT2D eigenvalue weighted by molar-refractivity contribution is 5.71. The number of aromatic nitrogens is 5. The van der Waals surface area contributed by atoms with Crippen LogP contribution in [0.4, 0.5) is 0 Å². The van der Waals surface area contributed by atoms with Crippen LogP contribution >= 0.6 is 0 Å². The molecule has 3 aromatic heterocycles. The lowest BCUT2D eigenvalue weighted by Gasteiger charge is -2.23. The molecule has 4 heterocycles. The van der Waals surface area contributed by atoms with Gasteiger partial charge in [0.25, 0.3) is 11.4 Å². The van der Waals surface area contributed by atoms with Crippen molar-refractivity contribution in [3.63, 3.8) is 0 Å². The van der Waals surface area contributed by atoms with Crippen LogP contribution in [0.25, 0.3) is 17.1 Å². The largest absolute Gasteiger partial charge is 0.334 e. The van der Waals surface area contributed by atoms with E-state index in [1.807, 2.05) is 30.3 Å². The molecule has 0 radical (unpaired) electrons. The molecular formula is C20H20N6O2. The first-order valence-electron chi connectivity index (χ1n) is 9.46. The first-order valence-corrected chi connectivity index (χ1v) is 9.46. The Balaban J connectivity index is 1.52. The fourth-order valence-electron chi connectivity index (χ4n) is 3.79. The standard InChI is InChI=1S/C20H20N6O2/c27-18-11-16(14-6-8-21-9-7-14)26-19(24-18)15(12-22-26)20-23-17(25-28-20)10-13-4-2-1-3-5-13/h1-5,11-12,14,21H,6-10H2,(H,24,27). The van der Waals surface area contributed by atoms with Crippen LogP contribution in [0.1, 0.15) is 35.8 Å². The zero-order valence-electron chi connectivity index (χ0n) is 15.3. The van der Waals surface area contributed by atoms with E-state index in [0.29, 0.717) is 35.3 Å².